The van der Waals surface area contributed by atoms with E-state index in [-0.39, 0.29) is 29.7 Å². The molecule has 5 heterocycles. The zero-order valence-electron chi connectivity index (χ0n) is 29.4. The molecule has 55 heavy (non-hydrogen) atoms. The lowest BCUT2D eigenvalue weighted by molar-refractivity contribution is -0.0605. The fourth-order valence-electron chi connectivity index (χ4n) is 6.25. The number of benzene rings is 2. The fraction of sp³-hybridized carbons (Fsp3) is 0.343. The van der Waals surface area contributed by atoms with Gasteiger partial charge in [-0.05, 0) is 31.2 Å². The van der Waals surface area contributed by atoms with E-state index in [1.54, 1.807) is 65.2 Å². The largest absolute Gasteiger partial charge is 0.474 e. The van der Waals surface area contributed by atoms with Crippen molar-refractivity contribution in [3.63, 3.8) is 0 Å². The van der Waals surface area contributed by atoms with E-state index >= 15 is 0 Å². The molecule has 3 N–H and O–H groups in total. The lowest BCUT2D eigenvalue weighted by Gasteiger charge is -2.24. The minimum atomic E-state index is -4.42. The third-order valence-electron chi connectivity index (χ3n) is 9.09. The summed E-state index contributed by atoms with van der Waals surface area (Å²) in [7, 11) is -3.31. The standard InChI is InChI=1S/C35H36N7O12P/c1-20-15-41(35(47)40-32(20)44)27-14-24(25(16-43)51-27)54-55(48,49-2)50-17-26-23(53-34(46)22-11-7-4-8-12-22)13-28(52-26)42-19-38-29-30(36-18-37-31(29)42)39-33(45)21-9-5-3-6-10-21/h3-12,15,18-19,23-28,43H,13-14,16-17H2,1-2H3,(H,40,44,47)(H,36,37,39,45)/t23-,24-,25+,26+,27+,28+,55?/m0/s1/i48+2. The van der Waals surface area contributed by atoms with Gasteiger partial charge in [0.2, 0.25) is 0 Å². The number of phosphoric ester groups is 1. The molecule has 0 saturated carbocycles. The van der Waals surface area contributed by atoms with E-state index in [0.717, 1.165) is 11.7 Å². The van der Waals surface area contributed by atoms with Gasteiger partial charge in [0.05, 0.1) is 25.1 Å². The molecule has 7 atom stereocenters. The number of H-pyrrole nitrogens is 1. The highest BCUT2D eigenvalue weighted by molar-refractivity contribution is 7.48. The van der Waals surface area contributed by atoms with E-state index in [0.29, 0.717) is 16.8 Å². The van der Waals surface area contributed by atoms with E-state index in [1.165, 1.54) is 25.8 Å². The Morgan fingerprint density at radius 2 is 1.64 bits per heavy atom. The smallest absolute Gasteiger partial charge is 0.456 e. The number of imidazole rings is 1. The number of nitrogens with zero attached hydrogens (tertiary/aromatic N) is 5. The van der Waals surface area contributed by atoms with Gasteiger partial charge >= 0.3 is 19.5 Å². The zero-order chi connectivity index (χ0) is 38.7. The molecule has 3 aromatic heterocycles. The summed E-state index contributed by atoms with van der Waals surface area (Å²) >= 11 is 0. The number of hydrogen-bond acceptors (Lipinski definition) is 15. The Kier molecular flexibility index (Phi) is 11.1. The van der Waals surface area contributed by atoms with Crippen molar-refractivity contribution >= 4 is 36.7 Å². The molecule has 2 aliphatic heterocycles. The van der Waals surface area contributed by atoms with Gasteiger partial charge in [-0.2, -0.15) is 0 Å². The Hall–Kier alpha value is -5.40. The van der Waals surface area contributed by atoms with Crippen molar-refractivity contribution in [2.24, 2.45) is 0 Å². The minimum Gasteiger partial charge on any atom is -0.456 e. The molecule has 0 spiro atoms. The quantitative estimate of drug-likeness (QED) is 0.0885. The molecule has 1 amide bonds. The summed E-state index contributed by atoms with van der Waals surface area (Å²) in [6, 6.07) is 16.9. The summed E-state index contributed by atoms with van der Waals surface area (Å²) in [4.78, 5) is 65.7. The van der Waals surface area contributed by atoms with Crippen LogP contribution in [0.3, 0.4) is 0 Å². The number of carbonyl (C=O) groups is 2. The van der Waals surface area contributed by atoms with Crippen molar-refractivity contribution in [2.75, 3.05) is 25.6 Å². The highest BCUT2D eigenvalue weighted by Gasteiger charge is 2.45. The molecule has 2 fully saturated rings. The number of aromatic amines is 1. The van der Waals surface area contributed by atoms with E-state index in [9.17, 15) is 28.8 Å². The summed E-state index contributed by atoms with van der Waals surface area (Å²) in [5.74, 6) is -0.865. The summed E-state index contributed by atoms with van der Waals surface area (Å²) < 4.78 is 51.3. The summed E-state index contributed by atoms with van der Waals surface area (Å²) in [6.45, 7) is 0.502. The molecule has 5 aromatic rings. The number of aromatic nitrogens is 6. The predicted molar refractivity (Wildman–Crippen MR) is 191 cm³/mol. The average molecular weight is 780 g/mol. The van der Waals surface area contributed by atoms with Crippen LogP contribution in [0.1, 0.15) is 51.6 Å². The van der Waals surface area contributed by atoms with E-state index in [1.807, 2.05) is 0 Å². The maximum absolute atomic E-state index is 13.9. The number of nitrogens with one attached hydrogen (secondary N) is 2. The number of amides is 1. The highest BCUT2D eigenvalue weighted by Crippen LogP contribution is 2.53. The van der Waals surface area contributed by atoms with Gasteiger partial charge in [-0.1, -0.05) is 36.4 Å². The second kappa shape index (κ2) is 16.1. The first kappa shape index (κ1) is 37.9. The van der Waals surface area contributed by atoms with Gasteiger partial charge in [0, 0.05) is 37.3 Å². The van der Waals surface area contributed by atoms with Gasteiger partial charge < -0.3 is 24.6 Å². The lowest BCUT2D eigenvalue weighted by Crippen LogP contribution is -2.33. The molecule has 20 heteroatoms. The van der Waals surface area contributed by atoms with Crippen LogP contribution in [0.15, 0.2) is 89.1 Å². The van der Waals surface area contributed by atoms with Crippen molar-refractivity contribution in [3.05, 3.63) is 117 Å². The normalized spacial score (nSPS) is 23.4. The molecule has 2 aliphatic rings. The Morgan fingerprint density at radius 1 is 0.964 bits per heavy atom. The van der Waals surface area contributed by atoms with Crippen LogP contribution in [0.4, 0.5) is 5.82 Å². The van der Waals surface area contributed by atoms with Gasteiger partial charge in [0.25, 0.3) is 11.5 Å². The van der Waals surface area contributed by atoms with E-state index < -0.39 is 81.0 Å². The number of carbonyl (C=O) groups excluding carboxylic acids is 2. The first-order chi connectivity index (χ1) is 26.6. The first-order valence-corrected chi connectivity index (χ1v) is 18.5. The monoisotopic (exact) mass is 779 g/mol. The van der Waals surface area contributed by atoms with Gasteiger partial charge in [0.1, 0.15) is 43.2 Å². The molecule has 2 aromatic carbocycles. The molecule has 0 bridgehead atoms. The van der Waals surface area contributed by atoms with Crippen LogP contribution < -0.4 is 16.6 Å². The summed E-state index contributed by atoms with van der Waals surface area (Å²) in [6.07, 6.45) is -1.82. The number of aryl methyl sites for hydroxylation is 1. The van der Waals surface area contributed by atoms with E-state index in [4.69, 9.17) is 27.8 Å². The van der Waals surface area contributed by atoms with Crippen molar-refractivity contribution in [2.45, 2.75) is 56.6 Å². The molecule has 288 valence electrons. The number of phosphoric acid groups is 1. The van der Waals surface area contributed by atoms with Crippen molar-refractivity contribution < 1.29 is 47.0 Å². The zero-order valence-corrected chi connectivity index (χ0v) is 30.3. The molecule has 1 unspecified atom stereocenters. The Balaban J connectivity index is 1.09. The SMILES string of the molecule is COP(=[18O])(OC[C@H]1O[C@@H](n2cnc3c(NC(=O)c4ccccc4)ncnc32)C[C@@H]1OC(=O)c1ccccc1)O[C@H]1C[C@H](n2cc(C)c(=O)[nH]c2=O)O[C@@H]1CO. The summed E-state index contributed by atoms with van der Waals surface area (Å²) in [5.41, 5.74) is 0.257. The number of esters is 1. The fourth-order valence-corrected chi connectivity index (χ4v) is 7.39. The van der Waals surface area contributed by atoms with Crippen molar-refractivity contribution in [1.82, 2.24) is 29.1 Å². The summed E-state index contributed by atoms with van der Waals surface area (Å²) in [5, 5.41) is 12.8. The lowest BCUT2D eigenvalue weighted by atomic mass is 10.1. The second-order valence-electron chi connectivity index (χ2n) is 12.6. The molecule has 7 rings (SSSR count). The minimum absolute atomic E-state index is 0.0595. The van der Waals surface area contributed by atoms with Crippen LogP contribution in [0.25, 0.3) is 11.2 Å². The molecule has 19 nitrogen and oxygen atoms in total. The van der Waals surface area contributed by atoms with Crippen molar-refractivity contribution in [3.8, 4) is 0 Å². The highest BCUT2D eigenvalue weighted by atomic mass is 31.2. The number of fused-ring (bicyclic) bond motifs is 1. The predicted octanol–water partition coefficient (Wildman–Crippen LogP) is 2.89. The number of anilines is 1. The van der Waals surface area contributed by atoms with Gasteiger partial charge in [-0.15, -0.1) is 0 Å². The molecular formula is C35H36N7O12P. The van der Waals surface area contributed by atoms with Gasteiger partial charge in [-0.3, -0.25) is 37.3 Å². The molecular weight excluding hydrogens is 743 g/mol. The van der Waals surface area contributed by atoms with Crippen LogP contribution in [-0.4, -0.2) is 90.8 Å². The molecule has 2 saturated heterocycles. The molecule has 0 aliphatic carbocycles. The van der Waals surface area contributed by atoms with Gasteiger partial charge in [-0.25, -0.2) is 29.1 Å². The number of aliphatic hydroxyl groups excluding tert-OH is 1. The average Bonchev–Trinajstić information content (AvgIpc) is 3.93. The number of rotatable bonds is 13. The maximum atomic E-state index is 13.9. The Morgan fingerprint density at radius 3 is 2.35 bits per heavy atom. The van der Waals surface area contributed by atoms with Crippen LogP contribution in [0.2, 0.25) is 0 Å². The van der Waals surface area contributed by atoms with Gasteiger partial charge in [0.15, 0.2) is 17.0 Å². The number of hydrogen-bond donors (Lipinski definition) is 3. The number of aliphatic hydroxyl groups is 1. The van der Waals surface area contributed by atoms with Crippen LogP contribution >= 0.6 is 7.82 Å². The van der Waals surface area contributed by atoms with Crippen LogP contribution in [-0.2, 0) is 32.3 Å². The first-order valence-electron chi connectivity index (χ1n) is 17.1. The Bertz CT molecular complexity index is 2340. The van der Waals surface area contributed by atoms with Crippen LogP contribution in [0.5, 0.6) is 0 Å². The van der Waals surface area contributed by atoms with E-state index in [2.05, 4.69) is 25.3 Å². The van der Waals surface area contributed by atoms with Crippen LogP contribution in [0, 0.1) is 6.92 Å². The topological polar surface area (TPSA) is 237 Å². The number of ether oxygens (including phenoxy) is 3. The molecule has 0 radical (unpaired) electrons. The maximum Gasteiger partial charge on any atom is 0.474 e. The third kappa shape index (κ3) is 8.18. The Labute approximate surface area is 311 Å². The van der Waals surface area contributed by atoms with Crippen molar-refractivity contribution in [1.29, 1.82) is 0 Å². The second-order valence-corrected chi connectivity index (χ2v) is 14.4. The third-order valence-corrected chi connectivity index (χ3v) is 10.5.